The number of likely N-dealkylation sites (N-methyl/N-ethyl adjacent to an activating group) is 2. The summed E-state index contributed by atoms with van der Waals surface area (Å²) in [6.45, 7) is 8.06. The Morgan fingerprint density at radius 3 is 2.88 bits per heavy atom. The summed E-state index contributed by atoms with van der Waals surface area (Å²) >= 11 is 0. The van der Waals surface area contributed by atoms with Gasteiger partial charge in [0.15, 0.2) is 11.6 Å². The highest BCUT2D eigenvalue weighted by Gasteiger charge is 2.10. The molecule has 1 aromatic heterocycles. The van der Waals surface area contributed by atoms with E-state index in [2.05, 4.69) is 29.0 Å². The van der Waals surface area contributed by atoms with Crippen LogP contribution in [-0.2, 0) is 0 Å². The normalized spacial score (nSPS) is 10.2. The van der Waals surface area contributed by atoms with E-state index < -0.39 is 0 Å². The number of rotatable bonds is 7. The van der Waals surface area contributed by atoms with Gasteiger partial charge in [-0.3, -0.25) is 0 Å². The molecule has 1 heterocycles. The second-order valence-electron chi connectivity index (χ2n) is 3.46. The third-order valence-corrected chi connectivity index (χ3v) is 2.46. The van der Waals surface area contributed by atoms with E-state index in [1.54, 1.807) is 13.3 Å². The molecule has 4 nitrogen and oxygen atoms in total. The monoisotopic (exact) mass is 223 g/mol. The van der Waals surface area contributed by atoms with Crippen LogP contribution >= 0.6 is 0 Å². The first-order valence-electron chi connectivity index (χ1n) is 5.78. The fourth-order valence-electron chi connectivity index (χ4n) is 1.58. The van der Waals surface area contributed by atoms with Gasteiger partial charge in [0.05, 0.1) is 7.11 Å². The van der Waals surface area contributed by atoms with E-state index in [0.717, 1.165) is 37.7 Å². The van der Waals surface area contributed by atoms with Gasteiger partial charge in [0.1, 0.15) is 0 Å². The fourth-order valence-corrected chi connectivity index (χ4v) is 1.58. The van der Waals surface area contributed by atoms with E-state index in [-0.39, 0.29) is 0 Å². The molecule has 0 fully saturated rings. The summed E-state index contributed by atoms with van der Waals surface area (Å²) in [5.74, 6) is 1.76. The molecule has 0 spiro atoms. The standard InChI is InChI=1S/C12H21N3O/c1-4-13-9-10-15(5-2)12-11(16-3)7-6-8-14-12/h6-8,13H,4-5,9-10H2,1-3H3. The Labute approximate surface area is 97.6 Å². The van der Waals surface area contributed by atoms with E-state index in [1.165, 1.54) is 0 Å². The van der Waals surface area contributed by atoms with Crippen LogP contribution in [0.5, 0.6) is 5.75 Å². The topological polar surface area (TPSA) is 37.4 Å². The predicted octanol–water partition coefficient (Wildman–Crippen LogP) is 1.53. The second kappa shape index (κ2) is 7.06. The number of hydrogen-bond acceptors (Lipinski definition) is 4. The summed E-state index contributed by atoms with van der Waals surface area (Å²) in [6.07, 6.45) is 1.80. The van der Waals surface area contributed by atoms with Gasteiger partial charge in [-0.05, 0) is 25.6 Å². The van der Waals surface area contributed by atoms with Crippen molar-refractivity contribution in [3.63, 3.8) is 0 Å². The van der Waals surface area contributed by atoms with Crippen molar-refractivity contribution in [3.05, 3.63) is 18.3 Å². The molecule has 0 aliphatic rings. The number of hydrogen-bond donors (Lipinski definition) is 1. The zero-order valence-corrected chi connectivity index (χ0v) is 10.4. The number of methoxy groups -OCH3 is 1. The number of ether oxygens (including phenoxy) is 1. The predicted molar refractivity (Wildman–Crippen MR) is 67.2 cm³/mol. The van der Waals surface area contributed by atoms with Gasteiger partial charge in [-0.25, -0.2) is 4.98 Å². The van der Waals surface area contributed by atoms with Crippen LogP contribution in [0.2, 0.25) is 0 Å². The Hall–Kier alpha value is -1.29. The summed E-state index contributed by atoms with van der Waals surface area (Å²) in [4.78, 5) is 6.58. The zero-order chi connectivity index (χ0) is 11.8. The third kappa shape index (κ3) is 3.38. The third-order valence-electron chi connectivity index (χ3n) is 2.46. The lowest BCUT2D eigenvalue weighted by Crippen LogP contribution is -2.32. The average molecular weight is 223 g/mol. The molecule has 1 rings (SSSR count). The average Bonchev–Trinajstić information content (AvgIpc) is 2.35. The maximum absolute atomic E-state index is 5.31. The molecule has 0 saturated heterocycles. The molecule has 0 aliphatic heterocycles. The molecular weight excluding hydrogens is 202 g/mol. The van der Waals surface area contributed by atoms with Crippen molar-refractivity contribution in [3.8, 4) is 5.75 Å². The minimum atomic E-state index is 0.834. The lowest BCUT2D eigenvalue weighted by Gasteiger charge is -2.23. The van der Waals surface area contributed by atoms with Crippen molar-refractivity contribution < 1.29 is 4.74 Å². The highest BCUT2D eigenvalue weighted by atomic mass is 16.5. The Bertz CT molecular complexity index is 304. The minimum absolute atomic E-state index is 0.834. The van der Waals surface area contributed by atoms with Crippen LogP contribution in [0.1, 0.15) is 13.8 Å². The molecule has 0 bridgehead atoms. The van der Waals surface area contributed by atoms with Gasteiger partial charge in [-0.1, -0.05) is 6.92 Å². The largest absolute Gasteiger partial charge is 0.493 e. The Kier molecular flexibility index (Phi) is 5.64. The van der Waals surface area contributed by atoms with Gasteiger partial charge >= 0.3 is 0 Å². The smallest absolute Gasteiger partial charge is 0.171 e. The van der Waals surface area contributed by atoms with Crippen LogP contribution in [0, 0.1) is 0 Å². The maximum Gasteiger partial charge on any atom is 0.171 e. The number of pyridine rings is 1. The van der Waals surface area contributed by atoms with E-state index in [9.17, 15) is 0 Å². The van der Waals surface area contributed by atoms with Gasteiger partial charge in [0.2, 0.25) is 0 Å². The molecule has 1 aromatic rings. The van der Waals surface area contributed by atoms with Crippen molar-refractivity contribution in [1.82, 2.24) is 10.3 Å². The molecular formula is C12H21N3O. The summed E-state index contributed by atoms with van der Waals surface area (Å²) in [6, 6.07) is 3.83. The lowest BCUT2D eigenvalue weighted by molar-refractivity contribution is 0.412. The molecule has 0 aliphatic carbocycles. The van der Waals surface area contributed by atoms with Crippen LogP contribution in [0.3, 0.4) is 0 Å². The first-order valence-corrected chi connectivity index (χ1v) is 5.78. The Morgan fingerprint density at radius 1 is 1.44 bits per heavy atom. The number of nitrogens with zero attached hydrogens (tertiary/aromatic N) is 2. The van der Waals surface area contributed by atoms with Crippen molar-refractivity contribution in [1.29, 1.82) is 0 Å². The van der Waals surface area contributed by atoms with E-state index >= 15 is 0 Å². The van der Waals surface area contributed by atoms with E-state index in [0.29, 0.717) is 0 Å². The van der Waals surface area contributed by atoms with Gasteiger partial charge in [-0.2, -0.15) is 0 Å². The zero-order valence-electron chi connectivity index (χ0n) is 10.4. The molecule has 4 heteroatoms. The summed E-state index contributed by atoms with van der Waals surface area (Å²) < 4.78 is 5.31. The molecule has 90 valence electrons. The molecule has 0 radical (unpaired) electrons. The van der Waals surface area contributed by atoms with E-state index in [1.807, 2.05) is 12.1 Å². The first-order chi connectivity index (χ1) is 7.83. The van der Waals surface area contributed by atoms with Crippen molar-refractivity contribution in [2.75, 3.05) is 38.2 Å². The van der Waals surface area contributed by atoms with Crippen molar-refractivity contribution >= 4 is 5.82 Å². The van der Waals surface area contributed by atoms with E-state index in [4.69, 9.17) is 4.74 Å². The molecule has 1 N–H and O–H groups in total. The summed E-state index contributed by atoms with van der Waals surface area (Å²) in [5, 5.41) is 3.31. The fraction of sp³-hybridized carbons (Fsp3) is 0.583. The Balaban J connectivity index is 2.69. The van der Waals surface area contributed by atoms with Gasteiger partial charge in [0, 0.05) is 25.8 Å². The van der Waals surface area contributed by atoms with Gasteiger partial charge in [0.25, 0.3) is 0 Å². The molecule has 0 saturated carbocycles. The molecule has 0 unspecified atom stereocenters. The first kappa shape index (κ1) is 12.8. The lowest BCUT2D eigenvalue weighted by atomic mass is 10.3. The maximum atomic E-state index is 5.31. The summed E-state index contributed by atoms with van der Waals surface area (Å²) in [5.41, 5.74) is 0. The van der Waals surface area contributed by atoms with Crippen molar-refractivity contribution in [2.24, 2.45) is 0 Å². The number of anilines is 1. The molecule has 0 amide bonds. The van der Waals surface area contributed by atoms with Gasteiger partial charge < -0.3 is 15.0 Å². The second-order valence-corrected chi connectivity index (χ2v) is 3.46. The van der Waals surface area contributed by atoms with Crippen molar-refractivity contribution in [2.45, 2.75) is 13.8 Å². The highest BCUT2D eigenvalue weighted by molar-refractivity contribution is 5.51. The van der Waals surface area contributed by atoms with Crippen LogP contribution in [0.25, 0.3) is 0 Å². The summed E-state index contributed by atoms with van der Waals surface area (Å²) in [7, 11) is 1.68. The quantitative estimate of drug-likeness (QED) is 0.711. The highest BCUT2D eigenvalue weighted by Crippen LogP contribution is 2.23. The van der Waals surface area contributed by atoms with Gasteiger partial charge in [-0.15, -0.1) is 0 Å². The number of nitrogens with one attached hydrogen (secondary N) is 1. The Morgan fingerprint density at radius 2 is 2.25 bits per heavy atom. The van der Waals surface area contributed by atoms with Crippen LogP contribution in [-0.4, -0.2) is 38.3 Å². The minimum Gasteiger partial charge on any atom is -0.493 e. The van der Waals surface area contributed by atoms with Crippen LogP contribution < -0.4 is 15.0 Å². The SMILES string of the molecule is CCNCCN(CC)c1ncccc1OC. The van der Waals surface area contributed by atoms with Crippen LogP contribution in [0.15, 0.2) is 18.3 Å². The molecule has 16 heavy (non-hydrogen) atoms. The number of aromatic nitrogens is 1. The molecule has 0 atom stereocenters. The molecule has 0 aromatic carbocycles. The van der Waals surface area contributed by atoms with Crippen LogP contribution in [0.4, 0.5) is 5.82 Å².